The second kappa shape index (κ2) is 7.31. The minimum atomic E-state index is -0.766. The molecule has 0 bridgehead atoms. The lowest BCUT2D eigenvalue weighted by molar-refractivity contribution is -0.128. The van der Waals surface area contributed by atoms with Crippen molar-refractivity contribution in [3.8, 4) is 17.2 Å². The van der Waals surface area contributed by atoms with Crippen LogP contribution in [0.5, 0.6) is 11.5 Å². The molecule has 0 spiro atoms. The van der Waals surface area contributed by atoms with Crippen molar-refractivity contribution >= 4 is 35.1 Å². The Morgan fingerprint density at radius 3 is 2.76 bits per heavy atom. The molecule has 0 saturated heterocycles. The van der Waals surface area contributed by atoms with Crippen LogP contribution in [-0.2, 0) is 16.3 Å². The number of aromatic nitrogens is 2. The van der Waals surface area contributed by atoms with Crippen molar-refractivity contribution in [2.75, 3.05) is 5.32 Å². The fourth-order valence-electron chi connectivity index (χ4n) is 3.53. The molecule has 1 amide bonds. The number of fused-ring (bicyclic) bond motifs is 2. The second-order valence-electron chi connectivity index (χ2n) is 6.96. The first-order chi connectivity index (χ1) is 14.1. The van der Waals surface area contributed by atoms with Gasteiger partial charge >= 0.3 is 0 Å². The second-order valence-corrected chi connectivity index (χ2v) is 8.38. The number of hydrogen-bond acceptors (Lipinski definition) is 5. The summed E-state index contributed by atoms with van der Waals surface area (Å²) in [5.74, 6) is 3.21. The number of carbonyl (C=O) groups is 1. The number of nitrogens with one attached hydrogen (secondary N) is 1. The smallest absolute Gasteiger partial charge is 0.270 e. The van der Waals surface area contributed by atoms with Gasteiger partial charge in [-0.15, -0.1) is 0 Å². The van der Waals surface area contributed by atoms with E-state index in [0.717, 1.165) is 28.5 Å². The minimum absolute atomic E-state index is 0.269. The van der Waals surface area contributed by atoms with Crippen LogP contribution in [0.3, 0.4) is 0 Å². The molecule has 0 radical (unpaired) electrons. The third-order valence-electron chi connectivity index (χ3n) is 4.95. The van der Waals surface area contributed by atoms with Crippen LogP contribution in [0.1, 0.15) is 18.2 Å². The van der Waals surface area contributed by atoms with Crippen LogP contribution in [0, 0.1) is 0 Å². The number of anilines is 1. The van der Waals surface area contributed by atoms with Gasteiger partial charge in [-0.25, -0.2) is 4.68 Å². The Morgan fingerprint density at radius 2 is 1.97 bits per heavy atom. The van der Waals surface area contributed by atoms with Gasteiger partial charge < -0.3 is 14.8 Å². The number of thioether (sulfide) groups is 1. The van der Waals surface area contributed by atoms with Gasteiger partial charge in [0, 0.05) is 22.1 Å². The lowest BCUT2D eigenvalue weighted by atomic mass is 10.1. The average Bonchev–Trinajstić information content (AvgIpc) is 3.30. The average molecular weight is 428 g/mol. The van der Waals surface area contributed by atoms with Crippen LogP contribution in [0.15, 0.2) is 48.5 Å². The summed E-state index contributed by atoms with van der Waals surface area (Å²) in [6.45, 7) is 1.83. The van der Waals surface area contributed by atoms with E-state index in [4.69, 9.17) is 26.2 Å². The lowest BCUT2D eigenvalue weighted by Gasteiger charge is -2.31. The van der Waals surface area contributed by atoms with E-state index in [1.807, 2.05) is 49.4 Å². The Morgan fingerprint density at radius 1 is 1.17 bits per heavy atom. The third-order valence-corrected chi connectivity index (χ3v) is 6.15. The van der Waals surface area contributed by atoms with E-state index in [0.29, 0.717) is 22.3 Å². The van der Waals surface area contributed by atoms with Gasteiger partial charge in [0.05, 0.1) is 11.4 Å². The molecule has 0 aliphatic carbocycles. The number of amides is 1. The van der Waals surface area contributed by atoms with Gasteiger partial charge in [0.1, 0.15) is 11.9 Å². The lowest BCUT2D eigenvalue weighted by Crippen LogP contribution is -2.46. The van der Waals surface area contributed by atoms with Crippen molar-refractivity contribution in [3.05, 3.63) is 64.8 Å². The van der Waals surface area contributed by atoms with E-state index < -0.39 is 12.2 Å². The van der Waals surface area contributed by atoms with Gasteiger partial charge in [0.2, 0.25) is 6.10 Å². The van der Waals surface area contributed by atoms with Crippen LogP contribution in [0.25, 0.3) is 5.69 Å². The van der Waals surface area contributed by atoms with Gasteiger partial charge in [0.25, 0.3) is 5.91 Å². The predicted octanol–water partition coefficient (Wildman–Crippen LogP) is 4.44. The normalized spacial score (nSPS) is 19.7. The van der Waals surface area contributed by atoms with Crippen LogP contribution < -0.4 is 14.8 Å². The van der Waals surface area contributed by atoms with E-state index in [1.54, 1.807) is 22.5 Å². The topological polar surface area (TPSA) is 65.4 Å². The zero-order chi connectivity index (χ0) is 20.0. The molecule has 8 heteroatoms. The number of halogens is 1. The first kappa shape index (κ1) is 18.4. The van der Waals surface area contributed by atoms with Crippen LogP contribution in [-0.4, -0.2) is 27.9 Å². The molecule has 2 aliphatic rings. The van der Waals surface area contributed by atoms with Gasteiger partial charge in [-0.3, -0.25) is 4.79 Å². The first-order valence-corrected chi connectivity index (χ1v) is 10.8. The van der Waals surface area contributed by atoms with Gasteiger partial charge in [0.15, 0.2) is 11.5 Å². The van der Waals surface area contributed by atoms with Crippen molar-refractivity contribution in [2.24, 2.45) is 0 Å². The standard InChI is InChI=1S/C21H18ClN3O3S/c1-12-19(28-18-8-3-2-7-17(18)27-12)21(26)23-20-15-10-29-11-16(15)24-25(20)14-6-4-5-13(22)9-14/h2-9,12,19H,10-11H2,1H3,(H,23,26). The number of hydrogen-bond donors (Lipinski definition) is 1. The maximum absolute atomic E-state index is 13.1. The quantitative estimate of drug-likeness (QED) is 0.669. The van der Waals surface area contributed by atoms with Crippen LogP contribution >= 0.6 is 23.4 Å². The molecule has 6 nitrogen and oxygen atoms in total. The maximum atomic E-state index is 13.1. The van der Waals surface area contributed by atoms with E-state index >= 15 is 0 Å². The molecule has 3 aromatic rings. The zero-order valence-corrected chi connectivity index (χ0v) is 17.2. The number of nitrogens with zero attached hydrogens (tertiary/aromatic N) is 2. The molecule has 29 heavy (non-hydrogen) atoms. The summed E-state index contributed by atoms with van der Waals surface area (Å²) in [4.78, 5) is 13.1. The summed E-state index contributed by atoms with van der Waals surface area (Å²) < 4.78 is 13.6. The molecular weight excluding hydrogens is 410 g/mol. The Hall–Kier alpha value is -2.64. The highest BCUT2D eigenvalue weighted by Crippen LogP contribution is 2.37. The summed E-state index contributed by atoms with van der Waals surface area (Å²) in [5, 5.41) is 8.36. The SMILES string of the molecule is CC1Oc2ccccc2OC1C(=O)Nc1c2c(nn1-c1cccc(Cl)c1)CSC2. The largest absolute Gasteiger partial charge is 0.482 e. The van der Waals surface area contributed by atoms with Gasteiger partial charge in [-0.2, -0.15) is 16.9 Å². The van der Waals surface area contributed by atoms with Crippen molar-refractivity contribution in [3.63, 3.8) is 0 Å². The van der Waals surface area contributed by atoms with Gasteiger partial charge in [-0.1, -0.05) is 29.8 Å². The van der Waals surface area contributed by atoms with E-state index in [9.17, 15) is 4.79 Å². The molecule has 1 aromatic heterocycles. The Balaban J connectivity index is 1.47. The number of carbonyl (C=O) groups excluding carboxylic acids is 1. The molecule has 148 valence electrons. The minimum Gasteiger partial charge on any atom is -0.482 e. The first-order valence-electron chi connectivity index (χ1n) is 9.28. The molecule has 2 atom stereocenters. The maximum Gasteiger partial charge on any atom is 0.270 e. The highest BCUT2D eigenvalue weighted by molar-refractivity contribution is 7.98. The Bertz CT molecular complexity index is 1100. The summed E-state index contributed by atoms with van der Waals surface area (Å²) >= 11 is 7.94. The number of benzene rings is 2. The molecule has 1 N–H and O–H groups in total. The Kier molecular flexibility index (Phi) is 4.64. The Labute approximate surface area is 177 Å². The van der Waals surface area contributed by atoms with Crippen molar-refractivity contribution in [1.29, 1.82) is 0 Å². The highest BCUT2D eigenvalue weighted by atomic mass is 35.5. The molecule has 3 heterocycles. The monoisotopic (exact) mass is 427 g/mol. The fourth-order valence-corrected chi connectivity index (χ4v) is 4.75. The summed E-state index contributed by atoms with van der Waals surface area (Å²) in [5.41, 5.74) is 2.81. The summed E-state index contributed by atoms with van der Waals surface area (Å²) in [6.07, 6.45) is -1.19. The molecule has 2 aliphatic heterocycles. The van der Waals surface area contributed by atoms with E-state index in [2.05, 4.69) is 5.32 Å². The zero-order valence-electron chi connectivity index (χ0n) is 15.6. The molecule has 0 saturated carbocycles. The number of rotatable bonds is 3. The van der Waals surface area contributed by atoms with Gasteiger partial charge in [-0.05, 0) is 37.3 Å². The fraction of sp³-hybridized carbons (Fsp3) is 0.238. The van der Waals surface area contributed by atoms with Crippen molar-refractivity contribution in [2.45, 2.75) is 30.6 Å². The third kappa shape index (κ3) is 3.34. The predicted molar refractivity (Wildman–Crippen MR) is 113 cm³/mol. The van der Waals surface area contributed by atoms with Crippen LogP contribution in [0.2, 0.25) is 5.02 Å². The summed E-state index contributed by atoms with van der Waals surface area (Å²) in [6, 6.07) is 14.8. The molecule has 5 rings (SSSR count). The van der Waals surface area contributed by atoms with E-state index in [-0.39, 0.29) is 5.91 Å². The number of ether oxygens (including phenoxy) is 2. The number of para-hydroxylation sites is 2. The van der Waals surface area contributed by atoms with Crippen LogP contribution in [0.4, 0.5) is 5.82 Å². The van der Waals surface area contributed by atoms with Crippen molar-refractivity contribution in [1.82, 2.24) is 9.78 Å². The molecule has 2 unspecified atom stereocenters. The molecule has 0 fully saturated rings. The summed E-state index contributed by atoms with van der Waals surface area (Å²) in [7, 11) is 0. The molecule has 2 aromatic carbocycles. The highest BCUT2D eigenvalue weighted by Gasteiger charge is 2.35. The van der Waals surface area contributed by atoms with Crippen molar-refractivity contribution < 1.29 is 14.3 Å². The molecular formula is C21H18ClN3O3S. The van der Waals surface area contributed by atoms with E-state index in [1.165, 1.54) is 0 Å².